The van der Waals surface area contributed by atoms with E-state index in [-0.39, 0.29) is 30.6 Å². The molecule has 1 heterocycles. The maximum atomic E-state index is 6.10. The number of ether oxygens (including phenoxy) is 1. The molecular weight excluding hydrogens is 212 g/mol. The Morgan fingerprint density at radius 1 is 0.933 bits per heavy atom. The predicted octanol–water partition coefficient (Wildman–Crippen LogP) is 1.43. The topological polar surface area (TPSA) is 61.3 Å². The summed E-state index contributed by atoms with van der Waals surface area (Å²) in [6, 6.07) is 0.211. The van der Waals surface area contributed by atoms with Crippen molar-refractivity contribution in [3.05, 3.63) is 0 Å². The average molecular weight is 235 g/mol. The van der Waals surface area contributed by atoms with Crippen molar-refractivity contribution in [3.63, 3.8) is 0 Å². The van der Waals surface area contributed by atoms with Gasteiger partial charge in [-0.3, -0.25) is 0 Å². The highest BCUT2D eigenvalue weighted by Crippen LogP contribution is 2.31. The molecule has 0 radical (unpaired) electrons. The van der Waals surface area contributed by atoms with Gasteiger partial charge in [0.05, 0.1) is 6.10 Å². The zero-order valence-electron chi connectivity index (χ0n) is 9.23. The highest BCUT2D eigenvalue weighted by molar-refractivity contribution is 5.85. The van der Waals surface area contributed by atoms with Gasteiger partial charge in [0.25, 0.3) is 0 Å². The van der Waals surface area contributed by atoms with Crippen LogP contribution in [-0.4, -0.2) is 24.8 Å². The van der Waals surface area contributed by atoms with E-state index in [1.807, 2.05) is 0 Å². The molecule has 1 aliphatic carbocycles. The van der Waals surface area contributed by atoms with E-state index < -0.39 is 0 Å². The number of hydrogen-bond donors (Lipinski definition) is 2. The van der Waals surface area contributed by atoms with Crippen molar-refractivity contribution >= 4 is 12.4 Å². The zero-order valence-corrected chi connectivity index (χ0v) is 10.0. The van der Waals surface area contributed by atoms with Crippen molar-refractivity contribution in [2.24, 2.45) is 17.4 Å². The second-order valence-corrected chi connectivity index (χ2v) is 4.76. The molecule has 2 rings (SSSR count). The monoisotopic (exact) mass is 234 g/mol. The highest BCUT2D eigenvalue weighted by atomic mass is 35.5. The van der Waals surface area contributed by atoms with Gasteiger partial charge in [-0.1, -0.05) is 19.3 Å². The fraction of sp³-hybridized carbons (Fsp3) is 1.00. The third kappa shape index (κ3) is 3.06. The molecule has 1 saturated heterocycles. The number of nitrogens with two attached hydrogens (primary N) is 2. The first kappa shape index (κ1) is 13.2. The molecule has 0 spiro atoms. The van der Waals surface area contributed by atoms with Crippen LogP contribution in [-0.2, 0) is 4.74 Å². The van der Waals surface area contributed by atoms with E-state index in [1.165, 1.54) is 32.1 Å². The highest BCUT2D eigenvalue weighted by Gasteiger charge is 2.35. The SMILES string of the molecule is Cl.NC1CCOC(C2CCCCC2)C1N. The Bertz CT molecular complexity index is 185. The van der Waals surface area contributed by atoms with Gasteiger partial charge in [-0.25, -0.2) is 0 Å². The molecule has 1 saturated carbocycles. The molecule has 1 aliphatic heterocycles. The predicted molar refractivity (Wildman–Crippen MR) is 64.1 cm³/mol. The summed E-state index contributed by atoms with van der Waals surface area (Å²) in [5.41, 5.74) is 12.1. The van der Waals surface area contributed by atoms with Crippen LogP contribution in [0, 0.1) is 5.92 Å². The molecule has 15 heavy (non-hydrogen) atoms. The molecule has 0 aromatic heterocycles. The van der Waals surface area contributed by atoms with Crippen LogP contribution >= 0.6 is 12.4 Å². The Hall–Kier alpha value is 0.170. The zero-order chi connectivity index (χ0) is 9.97. The Labute approximate surface area is 98.3 Å². The van der Waals surface area contributed by atoms with Gasteiger partial charge in [-0.15, -0.1) is 12.4 Å². The summed E-state index contributed by atoms with van der Waals surface area (Å²) in [6.45, 7) is 0.802. The largest absolute Gasteiger partial charge is 0.376 e. The maximum absolute atomic E-state index is 6.10. The summed E-state index contributed by atoms with van der Waals surface area (Å²) >= 11 is 0. The van der Waals surface area contributed by atoms with E-state index in [1.54, 1.807) is 0 Å². The lowest BCUT2D eigenvalue weighted by atomic mass is 9.80. The Balaban J connectivity index is 0.00000112. The number of rotatable bonds is 1. The number of halogens is 1. The third-order valence-electron chi connectivity index (χ3n) is 3.75. The van der Waals surface area contributed by atoms with Gasteiger partial charge >= 0.3 is 0 Å². The van der Waals surface area contributed by atoms with Gasteiger partial charge in [-0.05, 0) is 25.2 Å². The number of hydrogen-bond acceptors (Lipinski definition) is 3. The Kier molecular flexibility index (Phi) is 5.33. The normalized spacial score (nSPS) is 38.4. The first-order valence-electron chi connectivity index (χ1n) is 5.92. The molecule has 4 heteroatoms. The van der Waals surface area contributed by atoms with E-state index in [0.717, 1.165) is 13.0 Å². The standard InChI is InChI=1S/C11H22N2O.ClH/c12-9-6-7-14-11(10(9)13)8-4-2-1-3-5-8;/h8-11H,1-7,12-13H2;1H. The van der Waals surface area contributed by atoms with Gasteiger partial charge < -0.3 is 16.2 Å². The minimum atomic E-state index is 0. The van der Waals surface area contributed by atoms with Crippen LogP contribution in [0.3, 0.4) is 0 Å². The third-order valence-corrected chi connectivity index (χ3v) is 3.75. The van der Waals surface area contributed by atoms with Gasteiger partial charge in [-0.2, -0.15) is 0 Å². The fourth-order valence-corrected chi connectivity index (χ4v) is 2.80. The second-order valence-electron chi connectivity index (χ2n) is 4.76. The van der Waals surface area contributed by atoms with Crippen LogP contribution < -0.4 is 11.5 Å². The van der Waals surface area contributed by atoms with Crippen LogP contribution in [0.25, 0.3) is 0 Å². The van der Waals surface area contributed by atoms with Crippen molar-refractivity contribution in [3.8, 4) is 0 Å². The summed E-state index contributed by atoms with van der Waals surface area (Å²) in [6.07, 6.45) is 7.78. The smallest absolute Gasteiger partial charge is 0.0769 e. The average Bonchev–Trinajstić information content (AvgIpc) is 2.23. The van der Waals surface area contributed by atoms with E-state index in [4.69, 9.17) is 16.2 Å². The minimum Gasteiger partial charge on any atom is -0.376 e. The summed E-state index contributed by atoms with van der Waals surface area (Å²) in [7, 11) is 0. The Morgan fingerprint density at radius 3 is 2.27 bits per heavy atom. The second kappa shape index (κ2) is 6.04. The molecule has 0 amide bonds. The summed E-state index contributed by atoms with van der Waals surface area (Å²) in [5, 5.41) is 0. The molecule has 3 atom stereocenters. The van der Waals surface area contributed by atoms with Crippen LogP contribution in [0.4, 0.5) is 0 Å². The van der Waals surface area contributed by atoms with E-state index in [9.17, 15) is 0 Å². The molecule has 3 unspecified atom stereocenters. The van der Waals surface area contributed by atoms with Gasteiger partial charge in [0.15, 0.2) is 0 Å². The molecule has 2 aliphatic rings. The van der Waals surface area contributed by atoms with Crippen molar-refractivity contribution in [2.45, 2.75) is 56.7 Å². The van der Waals surface area contributed by atoms with Gasteiger partial charge in [0.1, 0.15) is 0 Å². The van der Waals surface area contributed by atoms with E-state index in [2.05, 4.69) is 0 Å². The molecule has 4 N–H and O–H groups in total. The van der Waals surface area contributed by atoms with Crippen LogP contribution in [0.15, 0.2) is 0 Å². The van der Waals surface area contributed by atoms with Crippen LogP contribution in [0.5, 0.6) is 0 Å². The van der Waals surface area contributed by atoms with Crippen molar-refractivity contribution in [2.75, 3.05) is 6.61 Å². The van der Waals surface area contributed by atoms with Crippen molar-refractivity contribution in [1.82, 2.24) is 0 Å². The van der Waals surface area contributed by atoms with E-state index in [0.29, 0.717) is 5.92 Å². The van der Waals surface area contributed by atoms with E-state index >= 15 is 0 Å². The minimum absolute atomic E-state index is 0. The molecule has 0 bridgehead atoms. The summed E-state index contributed by atoms with van der Waals surface area (Å²) < 4.78 is 5.80. The first-order chi connectivity index (χ1) is 6.79. The van der Waals surface area contributed by atoms with Crippen molar-refractivity contribution < 1.29 is 4.74 Å². The van der Waals surface area contributed by atoms with Gasteiger partial charge in [0.2, 0.25) is 0 Å². The maximum Gasteiger partial charge on any atom is 0.0769 e. The fourth-order valence-electron chi connectivity index (χ4n) is 2.80. The molecule has 90 valence electrons. The van der Waals surface area contributed by atoms with Gasteiger partial charge in [0, 0.05) is 18.7 Å². The molecule has 0 aromatic carbocycles. The molecule has 2 fully saturated rings. The Morgan fingerprint density at radius 2 is 1.60 bits per heavy atom. The lowest BCUT2D eigenvalue weighted by Gasteiger charge is -2.39. The molecular formula is C11H23ClN2O. The van der Waals surface area contributed by atoms with Crippen LogP contribution in [0.2, 0.25) is 0 Å². The lowest BCUT2D eigenvalue weighted by Crippen LogP contribution is -2.57. The van der Waals surface area contributed by atoms with Crippen molar-refractivity contribution in [1.29, 1.82) is 0 Å². The van der Waals surface area contributed by atoms with Crippen LogP contribution in [0.1, 0.15) is 38.5 Å². The lowest BCUT2D eigenvalue weighted by molar-refractivity contribution is -0.0501. The summed E-state index contributed by atoms with van der Waals surface area (Å²) in [5.74, 6) is 0.671. The summed E-state index contributed by atoms with van der Waals surface area (Å²) in [4.78, 5) is 0. The molecule has 0 aromatic rings. The molecule has 3 nitrogen and oxygen atoms in total. The quantitative estimate of drug-likeness (QED) is 0.722. The first-order valence-corrected chi connectivity index (χ1v) is 5.92.